The number of nitrogens with zero attached hydrogens (tertiary/aromatic N) is 3. The molecule has 2 N–H and O–H groups in total. The molecule has 0 radical (unpaired) electrons. The molecule has 0 bridgehead atoms. The van der Waals surface area contributed by atoms with Gasteiger partial charge in [-0.1, -0.05) is 0 Å². The molecule has 16 heavy (non-hydrogen) atoms. The molecular weight excluding hydrogens is 232 g/mol. The van der Waals surface area contributed by atoms with E-state index in [1.807, 2.05) is 0 Å². The third-order valence-electron chi connectivity index (χ3n) is 1.62. The highest BCUT2D eigenvalue weighted by molar-refractivity contribution is 7.99. The lowest BCUT2D eigenvalue weighted by molar-refractivity contribution is -0.385. The summed E-state index contributed by atoms with van der Waals surface area (Å²) in [7, 11) is 0. The zero-order valence-electron chi connectivity index (χ0n) is 7.86. The van der Waals surface area contributed by atoms with E-state index in [0.29, 0.717) is 10.2 Å². The molecule has 2 aromatic heterocycles. The van der Waals surface area contributed by atoms with Gasteiger partial charge in [0.15, 0.2) is 0 Å². The normalized spacial score (nSPS) is 10.2. The number of pyridine rings is 1. The second kappa shape index (κ2) is 4.19. The molecule has 0 aliphatic rings. The minimum atomic E-state index is -0.530. The third-order valence-corrected chi connectivity index (χ3v) is 2.41. The van der Waals surface area contributed by atoms with Crippen molar-refractivity contribution in [1.29, 1.82) is 0 Å². The van der Waals surface area contributed by atoms with Crippen LogP contribution in [0.5, 0.6) is 0 Å². The Balaban J connectivity index is 2.31. The lowest BCUT2D eigenvalue weighted by Crippen LogP contribution is -1.95. The Morgan fingerprint density at radius 2 is 2.31 bits per heavy atom. The zero-order chi connectivity index (χ0) is 11.5. The zero-order valence-corrected chi connectivity index (χ0v) is 8.68. The predicted octanol–water partition coefficient (Wildman–Crippen LogP) is 1.71. The molecule has 0 saturated heterocycles. The van der Waals surface area contributed by atoms with Gasteiger partial charge in [0.25, 0.3) is 10.9 Å². The molecule has 0 aliphatic carbocycles. The molecule has 0 atom stereocenters. The highest BCUT2D eigenvalue weighted by Gasteiger charge is 2.12. The van der Waals surface area contributed by atoms with Crippen molar-refractivity contribution in [2.75, 3.05) is 5.73 Å². The standard InChI is InChI=1S/C8H6N4O3S/c9-6-3-5(12(13)14)4-7(11-6)16-8-10-1-2-15-8/h1-4H,(H2,9,11). The van der Waals surface area contributed by atoms with E-state index in [1.165, 1.54) is 24.6 Å². The third kappa shape index (κ3) is 2.28. The van der Waals surface area contributed by atoms with Crippen molar-refractivity contribution < 1.29 is 9.34 Å². The number of nitrogen functional groups attached to an aromatic ring is 1. The summed E-state index contributed by atoms with van der Waals surface area (Å²) >= 11 is 1.07. The van der Waals surface area contributed by atoms with Crippen LogP contribution in [0.1, 0.15) is 0 Å². The van der Waals surface area contributed by atoms with Crippen LogP contribution < -0.4 is 5.73 Å². The van der Waals surface area contributed by atoms with Gasteiger partial charge in [0.05, 0.1) is 17.2 Å². The molecule has 0 saturated carbocycles. The maximum Gasteiger partial charge on any atom is 0.275 e. The summed E-state index contributed by atoms with van der Waals surface area (Å²) in [6, 6.07) is 2.50. The largest absolute Gasteiger partial charge is 0.440 e. The molecule has 0 spiro atoms. The number of hydrogen-bond acceptors (Lipinski definition) is 7. The highest BCUT2D eigenvalue weighted by Crippen LogP contribution is 2.28. The molecule has 2 rings (SSSR count). The first-order chi connectivity index (χ1) is 7.65. The van der Waals surface area contributed by atoms with Crippen LogP contribution in [0, 0.1) is 10.1 Å². The van der Waals surface area contributed by atoms with E-state index in [1.54, 1.807) is 0 Å². The molecule has 2 aromatic rings. The van der Waals surface area contributed by atoms with Crippen LogP contribution in [0.25, 0.3) is 0 Å². The molecule has 0 fully saturated rings. The summed E-state index contributed by atoms with van der Waals surface area (Å²) in [5.41, 5.74) is 5.34. The molecule has 2 heterocycles. The van der Waals surface area contributed by atoms with Crippen molar-refractivity contribution in [2.24, 2.45) is 0 Å². The van der Waals surface area contributed by atoms with Crippen LogP contribution in [0.4, 0.5) is 11.5 Å². The Morgan fingerprint density at radius 3 is 2.94 bits per heavy atom. The van der Waals surface area contributed by atoms with Gasteiger partial charge in [0.1, 0.15) is 17.1 Å². The van der Waals surface area contributed by atoms with Crippen molar-refractivity contribution in [3.05, 3.63) is 34.7 Å². The van der Waals surface area contributed by atoms with Crippen molar-refractivity contribution >= 4 is 23.3 Å². The van der Waals surface area contributed by atoms with E-state index in [2.05, 4.69) is 9.97 Å². The number of rotatable bonds is 3. The van der Waals surface area contributed by atoms with Gasteiger partial charge in [0, 0.05) is 6.07 Å². The van der Waals surface area contributed by atoms with Crippen molar-refractivity contribution in [2.45, 2.75) is 10.2 Å². The highest BCUT2D eigenvalue weighted by atomic mass is 32.2. The van der Waals surface area contributed by atoms with E-state index < -0.39 is 4.92 Å². The average molecular weight is 238 g/mol. The van der Waals surface area contributed by atoms with Gasteiger partial charge in [-0.3, -0.25) is 10.1 Å². The molecule has 0 amide bonds. The van der Waals surface area contributed by atoms with Crippen LogP contribution in [-0.2, 0) is 0 Å². The topological polar surface area (TPSA) is 108 Å². The number of anilines is 1. The lowest BCUT2D eigenvalue weighted by Gasteiger charge is -1.98. The summed E-state index contributed by atoms with van der Waals surface area (Å²) in [5.74, 6) is 0.0863. The van der Waals surface area contributed by atoms with Gasteiger partial charge in [-0.15, -0.1) is 0 Å². The molecular formula is C8H6N4O3S. The van der Waals surface area contributed by atoms with Crippen molar-refractivity contribution in [3.8, 4) is 0 Å². The van der Waals surface area contributed by atoms with Crippen LogP contribution in [0.3, 0.4) is 0 Å². The van der Waals surface area contributed by atoms with E-state index in [-0.39, 0.29) is 11.5 Å². The van der Waals surface area contributed by atoms with Crippen molar-refractivity contribution in [1.82, 2.24) is 9.97 Å². The predicted molar refractivity (Wildman–Crippen MR) is 55.9 cm³/mol. The summed E-state index contributed by atoms with van der Waals surface area (Å²) < 4.78 is 4.98. The summed E-state index contributed by atoms with van der Waals surface area (Å²) in [5, 5.41) is 11.3. The minimum absolute atomic E-state index is 0.0863. The summed E-state index contributed by atoms with van der Waals surface area (Å²) in [6.07, 6.45) is 2.88. The maximum atomic E-state index is 10.6. The van der Waals surface area contributed by atoms with E-state index in [4.69, 9.17) is 10.2 Å². The molecule has 0 unspecified atom stereocenters. The Bertz CT molecular complexity index is 514. The molecule has 0 aliphatic heterocycles. The van der Waals surface area contributed by atoms with Gasteiger partial charge in [-0.2, -0.15) is 0 Å². The van der Waals surface area contributed by atoms with E-state index in [9.17, 15) is 10.1 Å². The van der Waals surface area contributed by atoms with Crippen LogP contribution >= 0.6 is 11.8 Å². The van der Waals surface area contributed by atoms with Gasteiger partial charge in [-0.05, 0) is 11.8 Å². The Labute approximate surface area is 93.8 Å². The SMILES string of the molecule is Nc1cc([N+](=O)[O-])cc(Sc2ncco2)n1. The molecule has 8 heteroatoms. The Kier molecular flexibility index (Phi) is 2.73. The fourth-order valence-electron chi connectivity index (χ4n) is 1.02. The summed E-state index contributed by atoms with van der Waals surface area (Å²) in [4.78, 5) is 17.8. The Morgan fingerprint density at radius 1 is 1.50 bits per heavy atom. The lowest BCUT2D eigenvalue weighted by atomic mass is 10.4. The number of aromatic nitrogens is 2. The minimum Gasteiger partial charge on any atom is -0.440 e. The number of hydrogen-bond donors (Lipinski definition) is 1. The number of oxazole rings is 1. The fourth-order valence-corrected chi connectivity index (χ4v) is 1.75. The average Bonchev–Trinajstić information content (AvgIpc) is 2.69. The second-order valence-electron chi connectivity index (χ2n) is 2.75. The fraction of sp³-hybridized carbons (Fsp3) is 0. The van der Waals surface area contributed by atoms with Gasteiger partial charge < -0.3 is 10.2 Å². The van der Waals surface area contributed by atoms with E-state index in [0.717, 1.165) is 11.8 Å². The quantitative estimate of drug-likeness (QED) is 0.640. The first-order valence-corrected chi connectivity index (χ1v) is 4.96. The van der Waals surface area contributed by atoms with Gasteiger partial charge >= 0.3 is 0 Å². The molecule has 82 valence electrons. The maximum absolute atomic E-state index is 10.6. The Hall–Kier alpha value is -2.09. The van der Waals surface area contributed by atoms with Crippen molar-refractivity contribution in [3.63, 3.8) is 0 Å². The molecule has 7 nitrogen and oxygen atoms in total. The van der Waals surface area contributed by atoms with Gasteiger partial charge in [0.2, 0.25) is 0 Å². The number of nitrogens with two attached hydrogens (primary N) is 1. The second-order valence-corrected chi connectivity index (χ2v) is 3.72. The van der Waals surface area contributed by atoms with Crippen LogP contribution in [-0.4, -0.2) is 14.9 Å². The van der Waals surface area contributed by atoms with Crippen LogP contribution in [0.15, 0.2) is 39.3 Å². The molecule has 0 aromatic carbocycles. The smallest absolute Gasteiger partial charge is 0.275 e. The van der Waals surface area contributed by atoms with Crippen LogP contribution in [0.2, 0.25) is 0 Å². The van der Waals surface area contributed by atoms with Gasteiger partial charge in [-0.25, -0.2) is 9.97 Å². The van der Waals surface area contributed by atoms with E-state index >= 15 is 0 Å². The first-order valence-electron chi connectivity index (χ1n) is 4.14. The summed E-state index contributed by atoms with van der Waals surface area (Å²) in [6.45, 7) is 0. The monoisotopic (exact) mass is 238 g/mol. The first kappa shape index (κ1) is 10.4. The number of nitro groups is 1.